The fourth-order valence-corrected chi connectivity index (χ4v) is 12.4. The Morgan fingerprint density at radius 1 is 1.12 bits per heavy atom. The highest BCUT2D eigenvalue weighted by Gasteiger charge is 2.72. The summed E-state index contributed by atoms with van der Waals surface area (Å²) < 4.78 is 13.9. The van der Waals surface area contributed by atoms with Gasteiger partial charge in [0, 0.05) is 16.4 Å². The number of carbonyl (C=O) groups is 1. The molecule has 10 nitrogen and oxygen atoms in total. The van der Waals surface area contributed by atoms with E-state index in [1.165, 1.54) is 5.57 Å². The van der Waals surface area contributed by atoms with Crippen LogP contribution < -0.4 is 11.1 Å². The minimum absolute atomic E-state index is 0.0422. The second-order valence-electron chi connectivity index (χ2n) is 19.6. The molecule has 5 aliphatic rings. The molecule has 276 valence electrons. The van der Waals surface area contributed by atoms with Gasteiger partial charge in [0.25, 0.3) is 5.95 Å². The zero-order chi connectivity index (χ0) is 36.2. The molecule has 1 saturated heterocycles. The average molecular weight is 683 g/mol. The number of nitrogens with zero attached hydrogens (tertiary/aromatic N) is 4. The third-order valence-corrected chi connectivity index (χ3v) is 16.6. The first-order valence-corrected chi connectivity index (χ1v) is 19.0. The average Bonchev–Trinajstić information content (AvgIpc) is 3.45. The molecule has 6 rings (SSSR count). The fraction of sp³-hybridized carbons (Fsp3) is 0.897. The minimum atomic E-state index is -0.628. The molecule has 1 unspecified atom stereocenters. The number of tetrazole rings is 1. The highest BCUT2D eigenvalue weighted by atomic mass is 16.5. The van der Waals surface area contributed by atoms with Crippen molar-refractivity contribution in [3.63, 3.8) is 0 Å². The Labute approximate surface area is 295 Å². The van der Waals surface area contributed by atoms with Gasteiger partial charge in [0.15, 0.2) is 0 Å². The second kappa shape index (κ2) is 11.7. The number of likely N-dealkylation sites (N-methyl/N-ethyl adjacent to an activating group) is 1. The van der Waals surface area contributed by atoms with Gasteiger partial charge in [-0.3, -0.25) is 4.79 Å². The molecular weight excluding hydrogens is 616 g/mol. The van der Waals surface area contributed by atoms with E-state index in [-0.39, 0.29) is 62.0 Å². The molecule has 0 aromatic carbocycles. The van der Waals surface area contributed by atoms with Crippen molar-refractivity contribution in [3.8, 4) is 0 Å². The molecule has 2 bridgehead atoms. The van der Waals surface area contributed by atoms with Crippen LogP contribution in [0.15, 0.2) is 11.6 Å². The van der Waals surface area contributed by atoms with Gasteiger partial charge >= 0.3 is 5.97 Å². The first-order valence-electron chi connectivity index (χ1n) is 19.0. The number of fused-ring (bicyclic) bond motifs is 3. The zero-order valence-corrected chi connectivity index (χ0v) is 32.5. The monoisotopic (exact) mass is 683 g/mol. The maximum absolute atomic E-state index is 13.5. The Bertz CT molecular complexity index is 1470. The lowest BCUT2D eigenvalue weighted by Crippen LogP contribution is -2.69. The van der Waals surface area contributed by atoms with E-state index < -0.39 is 11.9 Å². The first kappa shape index (κ1) is 36.7. The number of nitrogens with one attached hydrogen (secondary N) is 1. The number of rotatable bonds is 8. The van der Waals surface area contributed by atoms with Crippen molar-refractivity contribution in [2.24, 2.45) is 62.1 Å². The fourth-order valence-electron chi connectivity index (χ4n) is 12.4. The number of hydrogen-bond donors (Lipinski definition) is 3. The van der Waals surface area contributed by atoms with Gasteiger partial charge < -0.3 is 25.6 Å². The number of nitrogen functional groups attached to an aromatic ring is 1. The lowest BCUT2D eigenvalue weighted by molar-refractivity contribution is -0.255. The van der Waals surface area contributed by atoms with Crippen molar-refractivity contribution in [3.05, 3.63) is 11.6 Å². The van der Waals surface area contributed by atoms with E-state index in [1.54, 1.807) is 4.80 Å². The van der Waals surface area contributed by atoms with Crippen LogP contribution in [0.5, 0.6) is 0 Å². The third-order valence-electron chi connectivity index (χ3n) is 16.6. The Morgan fingerprint density at radius 2 is 1.82 bits per heavy atom. The molecule has 4 fully saturated rings. The van der Waals surface area contributed by atoms with Gasteiger partial charge in [0.05, 0.1) is 31.8 Å². The number of carboxylic acid groups (broad SMARTS) is 1. The lowest BCUT2D eigenvalue weighted by atomic mass is 9.34. The van der Waals surface area contributed by atoms with E-state index in [9.17, 15) is 9.90 Å². The van der Waals surface area contributed by atoms with Crippen LogP contribution in [-0.4, -0.2) is 69.8 Å². The minimum Gasteiger partial charge on any atom is -0.481 e. The van der Waals surface area contributed by atoms with Crippen LogP contribution in [0.1, 0.15) is 121 Å². The van der Waals surface area contributed by atoms with Gasteiger partial charge in [-0.2, -0.15) is 4.80 Å². The maximum Gasteiger partial charge on any atom is 0.307 e. The summed E-state index contributed by atoms with van der Waals surface area (Å²) >= 11 is 0. The van der Waals surface area contributed by atoms with Gasteiger partial charge in [-0.15, -0.1) is 5.10 Å². The Hall–Kier alpha value is -2.04. The third kappa shape index (κ3) is 5.02. The van der Waals surface area contributed by atoms with Crippen LogP contribution >= 0.6 is 0 Å². The number of aliphatic carboxylic acids is 1. The van der Waals surface area contributed by atoms with Crippen molar-refractivity contribution >= 4 is 11.9 Å². The number of aromatic nitrogens is 4. The number of allylic oxidation sites excluding steroid dienone is 1. The standard InChI is InChI=1S/C39H66N6O4/c1-23(2)24(3)34(7)17-18-36(9)25-13-14-28-35(8)20-48-22-39(28,26(25)15-16-37(36,10)29(34)31(46)47)19-27(45-43-32(40)42-44-45)30(35)49-21-38(11,41-12)33(4,5)6/h15,23-25,27-30,41H,13-14,16-22H2,1-12H3,(H2,40,43)(H,46,47)/t24-,25+,27-,28+,29-,30+,34-,35?,36-,37+,38+,39+/m1/s1. The van der Waals surface area contributed by atoms with Gasteiger partial charge in [0.2, 0.25) is 0 Å². The van der Waals surface area contributed by atoms with E-state index in [0.29, 0.717) is 37.6 Å². The van der Waals surface area contributed by atoms with Crippen LogP contribution in [0, 0.1) is 62.1 Å². The predicted molar refractivity (Wildman–Crippen MR) is 191 cm³/mol. The lowest BCUT2D eigenvalue weighted by Gasteiger charge is -2.71. The molecule has 10 heteroatoms. The zero-order valence-electron chi connectivity index (χ0n) is 32.5. The number of anilines is 1. The highest BCUT2D eigenvalue weighted by molar-refractivity contribution is 5.73. The number of nitrogens with two attached hydrogens (primary N) is 1. The number of ether oxygens (including phenoxy) is 2. The van der Waals surface area contributed by atoms with Gasteiger partial charge in [-0.05, 0) is 103 Å². The smallest absolute Gasteiger partial charge is 0.307 e. The molecule has 2 heterocycles. The quantitative estimate of drug-likeness (QED) is 0.253. The van der Waals surface area contributed by atoms with Crippen LogP contribution in [0.3, 0.4) is 0 Å². The van der Waals surface area contributed by atoms with Crippen LogP contribution in [-0.2, 0) is 14.3 Å². The second-order valence-corrected chi connectivity index (χ2v) is 19.6. The van der Waals surface area contributed by atoms with E-state index >= 15 is 0 Å². The Kier molecular flexibility index (Phi) is 8.80. The summed E-state index contributed by atoms with van der Waals surface area (Å²) in [6, 6.07) is -0.176. The van der Waals surface area contributed by atoms with Gasteiger partial charge in [-0.25, -0.2) is 0 Å². The first-order chi connectivity index (χ1) is 22.6. The Balaban J connectivity index is 1.44. The normalized spacial score (nSPS) is 43.9. The van der Waals surface area contributed by atoms with Crippen molar-refractivity contribution < 1.29 is 19.4 Å². The molecular formula is C39H66N6O4. The summed E-state index contributed by atoms with van der Waals surface area (Å²) in [5.74, 6) is 0.494. The molecule has 0 spiro atoms. The SMILES string of the molecule is CN[C@@](C)(CO[C@H]1[C@H](n2nnc(N)n2)C[C@@]23COCC1(C)[C@@H]2CC[C@H]1C3=CC[C@@]2(C)[C@H](C(=O)O)[C@@](C)([C@H](C)C(C)C)CC[C@]12C)C(C)(C)C. The molecule has 1 aromatic rings. The molecule has 1 aromatic heterocycles. The van der Waals surface area contributed by atoms with Crippen molar-refractivity contribution in [1.82, 2.24) is 25.5 Å². The molecule has 49 heavy (non-hydrogen) atoms. The highest BCUT2D eigenvalue weighted by Crippen LogP contribution is 2.75. The molecule has 0 amide bonds. The van der Waals surface area contributed by atoms with Crippen LogP contribution in [0.2, 0.25) is 0 Å². The van der Waals surface area contributed by atoms with Crippen molar-refractivity contribution in [2.45, 2.75) is 132 Å². The molecule has 3 saturated carbocycles. The summed E-state index contributed by atoms with van der Waals surface area (Å²) in [5.41, 5.74) is 5.98. The molecule has 4 aliphatic carbocycles. The Morgan fingerprint density at radius 3 is 2.39 bits per heavy atom. The molecule has 4 N–H and O–H groups in total. The summed E-state index contributed by atoms with van der Waals surface area (Å²) in [5, 5.41) is 27.8. The summed E-state index contributed by atoms with van der Waals surface area (Å²) in [7, 11) is 2.01. The van der Waals surface area contributed by atoms with E-state index in [0.717, 1.165) is 38.5 Å². The molecule has 1 aliphatic heterocycles. The van der Waals surface area contributed by atoms with E-state index in [2.05, 4.69) is 103 Å². The topological polar surface area (TPSA) is 137 Å². The van der Waals surface area contributed by atoms with Crippen LogP contribution in [0.25, 0.3) is 0 Å². The van der Waals surface area contributed by atoms with Crippen molar-refractivity contribution in [2.75, 3.05) is 32.6 Å². The van der Waals surface area contributed by atoms with E-state index in [4.69, 9.17) is 15.2 Å². The number of hydrogen-bond acceptors (Lipinski definition) is 8. The molecule has 12 atom stereocenters. The molecule has 0 radical (unpaired) electrons. The van der Waals surface area contributed by atoms with E-state index in [1.807, 2.05) is 7.05 Å². The van der Waals surface area contributed by atoms with Gasteiger partial charge in [0.1, 0.15) is 6.04 Å². The maximum atomic E-state index is 13.5. The summed E-state index contributed by atoms with van der Waals surface area (Å²) in [6.07, 6.45) is 7.92. The predicted octanol–water partition coefficient (Wildman–Crippen LogP) is 6.79. The number of carboxylic acids is 1. The summed E-state index contributed by atoms with van der Waals surface area (Å²) in [4.78, 5) is 15.2. The van der Waals surface area contributed by atoms with Gasteiger partial charge in [-0.1, -0.05) is 86.0 Å². The van der Waals surface area contributed by atoms with Crippen molar-refractivity contribution in [1.29, 1.82) is 0 Å². The summed E-state index contributed by atoms with van der Waals surface area (Å²) in [6.45, 7) is 27.0. The van der Waals surface area contributed by atoms with Crippen LogP contribution in [0.4, 0.5) is 5.95 Å². The largest absolute Gasteiger partial charge is 0.481 e.